The van der Waals surface area contributed by atoms with Gasteiger partial charge in [0.25, 0.3) is 0 Å². The zero-order valence-electron chi connectivity index (χ0n) is 14.6. The summed E-state index contributed by atoms with van der Waals surface area (Å²) in [6.45, 7) is 0. The molecule has 0 bridgehead atoms. The molecule has 0 atom stereocenters. The third-order valence-corrected chi connectivity index (χ3v) is 5.49. The van der Waals surface area contributed by atoms with Crippen molar-refractivity contribution in [2.45, 2.75) is 11.6 Å². The lowest BCUT2D eigenvalue weighted by Crippen LogP contribution is -2.12. The van der Waals surface area contributed by atoms with Crippen LogP contribution in [0.3, 0.4) is 0 Å². The summed E-state index contributed by atoms with van der Waals surface area (Å²) in [5.74, 6) is 1.91. The number of rotatable bonds is 7. The largest absolute Gasteiger partial charge is 0.463 e. The number of imidazole rings is 1. The molecular weight excluding hydrogens is 489 g/mol. The summed E-state index contributed by atoms with van der Waals surface area (Å²) in [7, 11) is 0. The Morgan fingerprint density at radius 1 is 1.07 bits per heavy atom. The standard InChI is InChI=1S/C20H16IN3O3S/c21-13-5-7-14(8-6-13)22-17(25)9-12-28-20-23-18(15-3-1-10-26-15)19(24-20)16-4-2-11-27-16/h1-8,10-11H,9,12H2,(H,22,25)(H,23,24). The lowest BCUT2D eigenvalue weighted by atomic mass is 10.2. The van der Waals surface area contributed by atoms with E-state index in [0.29, 0.717) is 34.5 Å². The quantitative estimate of drug-likeness (QED) is 0.250. The number of aromatic amines is 1. The minimum absolute atomic E-state index is 0.0298. The number of anilines is 1. The number of carbonyl (C=O) groups excluding carboxylic acids is 1. The molecule has 6 nitrogen and oxygen atoms in total. The second-order valence-electron chi connectivity index (χ2n) is 5.87. The van der Waals surface area contributed by atoms with E-state index in [2.05, 4.69) is 37.9 Å². The average Bonchev–Trinajstić information content (AvgIpc) is 3.44. The first-order valence-electron chi connectivity index (χ1n) is 8.55. The van der Waals surface area contributed by atoms with Gasteiger partial charge in [-0.2, -0.15) is 0 Å². The minimum Gasteiger partial charge on any atom is -0.463 e. The Labute approximate surface area is 179 Å². The van der Waals surface area contributed by atoms with Gasteiger partial charge in [-0.05, 0) is 71.1 Å². The summed E-state index contributed by atoms with van der Waals surface area (Å²) < 4.78 is 12.1. The molecule has 28 heavy (non-hydrogen) atoms. The molecule has 2 N–H and O–H groups in total. The van der Waals surface area contributed by atoms with E-state index in [1.807, 2.05) is 48.5 Å². The van der Waals surface area contributed by atoms with Crippen LogP contribution in [0.15, 0.2) is 75.0 Å². The molecule has 4 rings (SSSR count). The normalized spacial score (nSPS) is 10.9. The molecule has 0 aliphatic carbocycles. The fourth-order valence-corrected chi connectivity index (χ4v) is 3.78. The van der Waals surface area contributed by atoms with E-state index in [4.69, 9.17) is 8.83 Å². The zero-order valence-corrected chi connectivity index (χ0v) is 17.6. The number of nitrogens with one attached hydrogen (secondary N) is 2. The van der Waals surface area contributed by atoms with Gasteiger partial charge in [-0.1, -0.05) is 11.8 Å². The highest BCUT2D eigenvalue weighted by molar-refractivity contribution is 14.1. The van der Waals surface area contributed by atoms with Crippen molar-refractivity contribution >= 4 is 45.9 Å². The summed E-state index contributed by atoms with van der Waals surface area (Å²) >= 11 is 3.71. The number of benzene rings is 1. The van der Waals surface area contributed by atoms with Crippen LogP contribution in [0.5, 0.6) is 0 Å². The molecule has 0 spiro atoms. The Bertz CT molecular complexity index is 990. The van der Waals surface area contributed by atoms with E-state index in [-0.39, 0.29) is 5.91 Å². The zero-order chi connectivity index (χ0) is 19.3. The van der Waals surface area contributed by atoms with Crippen molar-refractivity contribution in [3.05, 3.63) is 64.6 Å². The molecule has 0 fully saturated rings. The molecule has 1 aromatic carbocycles. The Morgan fingerprint density at radius 3 is 2.46 bits per heavy atom. The van der Waals surface area contributed by atoms with Crippen LogP contribution in [0.1, 0.15) is 6.42 Å². The molecule has 8 heteroatoms. The van der Waals surface area contributed by atoms with Crippen molar-refractivity contribution < 1.29 is 13.6 Å². The van der Waals surface area contributed by atoms with Crippen LogP contribution in [0.2, 0.25) is 0 Å². The maximum absolute atomic E-state index is 12.1. The highest BCUT2D eigenvalue weighted by atomic mass is 127. The second kappa shape index (κ2) is 8.70. The molecule has 0 saturated carbocycles. The third-order valence-electron chi connectivity index (χ3n) is 3.90. The number of halogens is 1. The summed E-state index contributed by atoms with van der Waals surface area (Å²) in [5, 5.41) is 3.61. The third kappa shape index (κ3) is 4.50. The Morgan fingerprint density at radius 2 is 1.79 bits per heavy atom. The Balaban J connectivity index is 1.40. The number of aromatic nitrogens is 2. The number of nitrogens with zero attached hydrogens (tertiary/aromatic N) is 1. The topological polar surface area (TPSA) is 84.1 Å². The number of hydrogen-bond acceptors (Lipinski definition) is 5. The van der Waals surface area contributed by atoms with E-state index in [1.54, 1.807) is 12.5 Å². The first-order chi connectivity index (χ1) is 13.7. The van der Waals surface area contributed by atoms with Crippen LogP contribution in [0.25, 0.3) is 22.9 Å². The van der Waals surface area contributed by atoms with Gasteiger partial charge in [-0.25, -0.2) is 4.98 Å². The van der Waals surface area contributed by atoms with Crippen molar-refractivity contribution in [2.75, 3.05) is 11.1 Å². The lowest BCUT2D eigenvalue weighted by molar-refractivity contribution is -0.115. The molecule has 4 aromatic rings. The maximum atomic E-state index is 12.1. The van der Waals surface area contributed by atoms with E-state index in [1.165, 1.54) is 11.8 Å². The van der Waals surface area contributed by atoms with Crippen molar-refractivity contribution in [2.24, 2.45) is 0 Å². The van der Waals surface area contributed by atoms with E-state index in [0.717, 1.165) is 15.0 Å². The fourth-order valence-electron chi connectivity index (χ4n) is 2.61. The van der Waals surface area contributed by atoms with Crippen molar-refractivity contribution in [1.29, 1.82) is 0 Å². The number of amides is 1. The minimum atomic E-state index is -0.0298. The van der Waals surface area contributed by atoms with Crippen LogP contribution in [-0.2, 0) is 4.79 Å². The van der Waals surface area contributed by atoms with Gasteiger partial charge >= 0.3 is 0 Å². The second-order valence-corrected chi connectivity index (χ2v) is 8.20. The van der Waals surface area contributed by atoms with Crippen LogP contribution in [0, 0.1) is 3.57 Å². The first kappa shape index (κ1) is 18.9. The highest BCUT2D eigenvalue weighted by Gasteiger charge is 2.18. The van der Waals surface area contributed by atoms with Crippen molar-refractivity contribution in [3.63, 3.8) is 0 Å². The molecule has 0 unspecified atom stereocenters. The predicted molar refractivity (Wildman–Crippen MR) is 117 cm³/mol. The van der Waals surface area contributed by atoms with Gasteiger partial charge < -0.3 is 19.1 Å². The van der Waals surface area contributed by atoms with Gasteiger partial charge in [-0.3, -0.25) is 4.79 Å². The monoisotopic (exact) mass is 505 g/mol. The van der Waals surface area contributed by atoms with Crippen LogP contribution in [-0.4, -0.2) is 21.6 Å². The summed E-state index contributed by atoms with van der Waals surface area (Å²) in [5.41, 5.74) is 2.24. The Kier molecular flexibility index (Phi) is 5.87. The van der Waals surface area contributed by atoms with Gasteiger partial charge in [0.05, 0.1) is 12.5 Å². The number of carbonyl (C=O) groups is 1. The molecule has 0 saturated heterocycles. The smallest absolute Gasteiger partial charge is 0.225 e. The molecule has 142 valence electrons. The molecule has 3 heterocycles. The van der Waals surface area contributed by atoms with Crippen LogP contribution in [0.4, 0.5) is 5.69 Å². The van der Waals surface area contributed by atoms with E-state index < -0.39 is 0 Å². The molecular formula is C20H16IN3O3S. The number of furan rings is 2. The fraction of sp³-hybridized carbons (Fsp3) is 0.100. The first-order valence-corrected chi connectivity index (χ1v) is 10.6. The van der Waals surface area contributed by atoms with Crippen LogP contribution >= 0.6 is 34.4 Å². The lowest BCUT2D eigenvalue weighted by Gasteiger charge is -2.04. The van der Waals surface area contributed by atoms with Crippen molar-refractivity contribution in [1.82, 2.24) is 9.97 Å². The maximum Gasteiger partial charge on any atom is 0.225 e. The molecule has 0 aliphatic heterocycles. The summed E-state index contributed by atoms with van der Waals surface area (Å²) in [4.78, 5) is 20.0. The Hall–Kier alpha value is -2.46. The van der Waals surface area contributed by atoms with E-state index >= 15 is 0 Å². The van der Waals surface area contributed by atoms with Crippen LogP contribution < -0.4 is 5.32 Å². The number of H-pyrrole nitrogens is 1. The van der Waals surface area contributed by atoms with Gasteiger partial charge in [0.2, 0.25) is 5.91 Å². The van der Waals surface area contributed by atoms with E-state index in [9.17, 15) is 4.79 Å². The molecule has 3 aromatic heterocycles. The molecule has 0 radical (unpaired) electrons. The average molecular weight is 505 g/mol. The highest BCUT2D eigenvalue weighted by Crippen LogP contribution is 2.33. The molecule has 0 aliphatic rings. The summed E-state index contributed by atoms with van der Waals surface area (Å²) in [6, 6.07) is 15.1. The SMILES string of the molecule is O=C(CCSc1nc(-c2ccco2)c(-c2ccco2)[nH]1)Nc1ccc(I)cc1. The van der Waals surface area contributed by atoms with Gasteiger partial charge in [-0.15, -0.1) is 0 Å². The number of thioether (sulfide) groups is 1. The van der Waals surface area contributed by atoms with Gasteiger partial charge in [0.15, 0.2) is 16.7 Å². The summed E-state index contributed by atoms with van der Waals surface area (Å²) in [6.07, 6.45) is 3.60. The van der Waals surface area contributed by atoms with Gasteiger partial charge in [0, 0.05) is 21.4 Å². The molecule has 1 amide bonds. The van der Waals surface area contributed by atoms with Crippen molar-refractivity contribution in [3.8, 4) is 22.9 Å². The number of hydrogen-bond donors (Lipinski definition) is 2. The van der Waals surface area contributed by atoms with Gasteiger partial charge in [0.1, 0.15) is 11.4 Å². The predicted octanol–water partition coefficient (Wildman–Crippen LogP) is 5.66.